The summed E-state index contributed by atoms with van der Waals surface area (Å²) in [6.45, 7) is 3.42. The average molecular weight is 140 g/mol. The lowest BCUT2D eigenvalue weighted by molar-refractivity contribution is -0.154. The van der Waals surface area contributed by atoms with Crippen molar-refractivity contribution >= 4 is 11.8 Å². The van der Waals surface area contributed by atoms with Crippen LogP contribution in [0.15, 0.2) is 12.7 Å². The maximum absolute atomic E-state index is 10.7. The number of ketones is 1. The highest BCUT2D eigenvalue weighted by Gasteiger charge is 2.23. The van der Waals surface area contributed by atoms with E-state index in [1.54, 1.807) is 0 Å². The van der Waals surface area contributed by atoms with E-state index in [1.807, 2.05) is 0 Å². The van der Waals surface area contributed by atoms with Gasteiger partial charge in [0.2, 0.25) is 0 Å². The van der Waals surface area contributed by atoms with Crippen LogP contribution in [0, 0.1) is 0 Å². The molecule has 3 heteroatoms. The Morgan fingerprint density at radius 1 is 1.60 bits per heavy atom. The molecule has 0 aliphatic carbocycles. The summed E-state index contributed by atoms with van der Waals surface area (Å²) in [6, 6.07) is 0. The van der Waals surface area contributed by atoms with Gasteiger partial charge in [0.25, 0.3) is 0 Å². The summed E-state index contributed by atoms with van der Waals surface area (Å²) in [7, 11) is 0. The van der Waals surface area contributed by atoms with E-state index in [2.05, 4.69) is 6.58 Å². The SMILES string of the molecule is C=CC1CC(=O)CC(=O)O1. The van der Waals surface area contributed by atoms with E-state index in [9.17, 15) is 9.59 Å². The number of rotatable bonds is 1. The molecule has 54 valence electrons. The highest BCUT2D eigenvalue weighted by atomic mass is 16.5. The minimum Gasteiger partial charge on any atom is -0.457 e. The summed E-state index contributed by atoms with van der Waals surface area (Å²) in [6.07, 6.45) is 1.28. The standard InChI is InChI=1S/C7H8O3/c1-2-6-3-5(8)4-7(9)10-6/h2,6H,1,3-4H2. The molecule has 10 heavy (non-hydrogen) atoms. The first-order valence-electron chi connectivity index (χ1n) is 3.06. The Balaban J connectivity index is 2.58. The van der Waals surface area contributed by atoms with Crippen molar-refractivity contribution in [1.29, 1.82) is 0 Å². The van der Waals surface area contributed by atoms with Gasteiger partial charge < -0.3 is 4.74 Å². The van der Waals surface area contributed by atoms with Gasteiger partial charge in [-0.05, 0) is 0 Å². The fourth-order valence-corrected chi connectivity index (χ4v) is 0.841. The zero-order valence-electron chi connectivity index (χ0n) is 5.50. The van der Waals surface area contributed by atoms with Crippen LogP contribution in [0.4, 0.5) is 0 Å². The number of cyclic esters (lactones) is 1. The topological polar surface area (TPSA) is 43.4 Å². The van der Waals surface area contributed by atoms with Gasteiger partial charge in [0.05, 0.1) is 0 Å². The van der Waals surface area contributed by atoms with Gasteiger partial charge in [-0.1, -0.05) is 12.7 Å². The summed E-state index contributed by atoms with van der Waals surface area (Å²) in [5.41, 5.74) is 0. The molecule has 1 saturated heterocycles. The lowest BCUT2D eigenvalue weighted by atomic mass is 10.1. The number of carbonyl (C=O) groups excluding carboxylic acids is 2. The Bertz CT molecular complexity index is 167. The van der Waals surface area contributed by atoms with E-state index < -0.39 is 12.1 Å². The highest BCUT2D eigenvalue weighted by Crippen LogP contribution is 2.10. The monoisotopic (exact) mass is 140 g/mol. The van der Waals surface area contributed by atoms with Crippen molar-refractivity contribution in [2.45, 2.75) is 18.9 Å². The van der Waals surface area contributed by atoms with Gasteiger partial charge in [-0.3, -0.25) is 9.59 Å². The van der Waals surface area contributed by atoms with E-state index >= 15 is 0 Å². The van der Waals surface area contributed by atoms with Gasteiger partial charge in [-0.15, -0.1) is 0 Å². The van der Waals surface area contributed by atoms with Crippen molar-refractivity contribution in [1.82, 2.24) is 0 Å². The maximum atomic E-state index is 10.7. The quantitative estimate of drug-likeness (QED) is 0.301. The molecule has 0 N–H and O–H groups in total. The summed E-state index contributed by atoms with van der Waals surface area (Å²) in [5, 5.41) is 0. The van der Waals surface area contributed by atoms with E-state index in [4.69, 9.17) is 4.74 Å². The molecule has 0 radical (unpaired) electrons. The molecule has 1 unspecified atom stereocenters. The summed E-state index contributed by atoms with van der Waals surface area (Å²) >= 11 is 0. The highest BCUT2D eigenvalue weighted by molar-refractivity contribution is 5.97. The van der Waals surface area contributed by atoms with Crippen LogP contribution in [-0.2, 0) is 14.3 Å². The molecular weight excluding hydrogens is 132 g/mol. The maximum Gasteiger partial charge on any atom is 0.313 e. The van der Waals surface area contributed by atoms with Crippen molar-refractivity contribution in [3.63, 3.8) is 0 Å². The van der Waals surface area contributed by atoms with E-state index in [0.717, 1.165) is 0 Å². The third kappa shape index (κ3) is 1.43. The van der Waals surface area contributed by atoms with Crippen LogP contribution in [0.25, 0.3) is 0 Å². The zero-order valence-corrected chi connectivity index (χ0v) is 5.50. The number of ether oxygens (including phenoxy) is 1. The lowest BCUT2D eigenvalue weighted by Gasteiger charge is -2.17. The molecule has 0 bridgehead atoms. The van der Waals surface area contributed by atoms with Crippen LogP contribution >= 0.6 is 0 Å². The van der Waals surface area contributed by atoms with Gasteiger partial charge in [0.1, 0.15) is 18.3 Å². The summed E-state index contributed by atoms with van der Waals surface area (Å²) in [5.74, 6) is -0.512. The predicted molar refractivity (Wildman–Crippen MR) is 34.3 cm³/mol. The molecule has 1 aliphatic rings. The van der Waals surface area contributed by atoms with Crippen molar-refractivity contribution in [3.8, 4) is 0 Å². The molecule has 1 rings (SSSR count). The second-order valence-corrected chi connectivity index (χ2v) is 2.18. The summed E-state index contributed by atoms with van der Waals surface area (Å²) in [4.78, 5) is 21.2. The molecule has 1 atom stereocenters. The molecular formula is C7H8O3. The molecule has 0 amide bonds. The first kappa shape index (κ1) is 6.99. The fraction of sp³-hybridized carbons (Fsp3) is 0.429. The van der Waals surface area contributed by atoms with Crippen LogP contribution < -0.4 is 0 Å². The number of Topliss-reactive ketones (excluding diaryl/α,β-unsaturated/α-hetero) is 1. The molecule has 1 fully saturated rings. The number of hydrogen-bond donors (Lipinski definition) is 0. The zero-order chi connectivity index (χ0) is 7.56. The Labute approximate surface area is 58.7 Å². The van der Waals surface area contributed by atoms with Crippen molar-refractivity contribution in [2.75, 3.05) is 0 Å². The third-order valence-corrected chi connectivity index (χ3v) is 1.32. The van der Waals surface area contributed by atoms with Gasteiger partial charge in [0.15, 0.2) is 0 Å². The average Bonchev–Trinajstić information content (AvgIpc) is 1.85. The third-order valence-electron chi connectivity index (χ3n) is 1.32. The van der Waals surface area contributed by atoms with Gasteiger partial charge >= 0.3 is 5.97 Å². The van der Waals surface area contributed by atoms with Crippen LogP contribution in [0.1, 0.15) is 12.8 Å². The van der Waals surface area contributed by atoms with E-state index in [-0.39, 0.29) is 18.6 Å². The first-order chi connectivity index (χ1) is 4.72. The lowest BCUT2D eigenvalue weighted by Crippen LogP contribution is -2.27. The molecule has 0 spiro atoms. The fourth-order valence-electron chi connectivity index (χ4n) is 0.841. The predicted octanol–water partition coefficient (Wildman–Crippen LogP) is 0.447. The Hall–Kier alpha value is -1.12. The van der Waals surface area contributed by atoms with Crippen molar-refractivity contribution in [2.24, 2.45) is 0 Å². The Morgan fingerprint density at radius 2 is 2.30 bits per heavy atom. The molecule has 1 aliphatic heterocycles. The Kier molecular flexibility index (Phi) is 1.85. The van der Waals surface area contributed by atoms with E-state index in [0.29, 0.717) is 0 Å². The molecule has 0 aromatic heterocycles. The number of carbonyl (C=O) groups is 2. The van der Waals surface area contributed by atoms with Gasteiger partial charge in [-0.2, -0.15) is 0 Å². The van der Waals surface area contributed by atoms with Crippen LogP contribution in [0.3, 0.4) is 0 Å². The van der Waals surface area contributed by atoms with Gasteiger partial charge in [0, 0.05) is 6.42 Å². The van der Waals surface area contributed by atoms with Crippen molar-refractivity contribution < 1.29 is 14.3 Å². The minimum absolute atomic E-state index is 0.0684. The molecule has 1 heterocycles. The largest absolute Gasteiger partial charge is 0.457 e. The van der Waals surface area contributed by atoms with Gasteiger partial charge in [-0.25, -0.2) is 0 Å². The Morgan fingerprint density at radius 3 is 2.80 bits per heavy atom. The van der Waals surface area contributed by atoms with Crippen LogP contribution in [0.2, 0.25) is 0 Å². The first-order valence-corrected chi connectivity index (χ1v) is 3.06. The number of esters is 1. The summed E-state index contributed by atoms with van der Waals surface area (Å²) < 4.78 is 4.73. The van der Waals surface area contributed by atoms with E-state index in [1.165, 1.54) is 6.08 Å². The van der Waals surface area contributed by atoms with Crippen LogP contribution in [0.5, 0.6) is 0 Å². The van der Waals surface area contributed by atoms with Crippen LogP contribution in [-0.4, -0.2) is 17.9 Å². The molecule has 0 saturated carbocycles. The minimum atomic E-state index is -0.443. The molecule has 0 aromatic rings. The smallest absolute Gasteiger partial charge is 0.313 e. The number of hydrogen-bond acceptors (Lipinski definition) is 3. The molecule has 3 nitrogen and oxygen atoms in total. The molecule has 0 aromatic carbocycles. The second kappa shape index (κ2) is 2.64. The normalized spacial score (nSPS) is 25.8. The van der Waals surface area contributed by atoms with Crippen molar-refractivity contribution in [3.05, 3.63) is 12.7 Å². The second-order valence-electron chi connectivity index (χ2n) is 2.18.